The fraction of sp³-hybridized carbons (Fsp3) is 0.667. The quantitative estimate of drug-likeness (QED) is 0.550. The van der Waals surface area contributed by atoms with Gasteiger partial charge in [-0.1, -0.05) is 31.2 Å². The number of carbonyl (C=O) groups excluding carboxylic acids is 3. The van der Waals surface area contributed by atoms with Gasteiger partial charge in [0.25, 0.3) is 0 Å². The average Bonchev–Trinajstić information content (AvgIpc) is 2.89. The minimum absolute atomic E-state index is 0.00202. The number of ether oxygens (including phenoxy) is 1. The molecule has 0 aliphatic carbocycles. The van der Waals surface area contributed by atoms with Gasteiger partial charge in [0.2, 0.25) is 5.91 Å². The fourth-order valence-corrected chi connectivity index (χ4v) is 5.57. The molecule has 4 atom stereocenters. The molecule has 39 heavy (non-hydrogen) atoms. The number of carbonyl (C=O) groups is 3. The number of benzene rings is 1. The molecule has 9 heteroatoms. The van der Waals surface area contributed by atoms with E-state index in [4.69, 9.17) is 4.74 Å². The summed E-state index contributed by atoms with van der Waals surface area (Å²) in [5.41, 5.74) is 1.52. The minimum Gasteiger partial charge on any atom is -0.444 e. The third kappa shape index (κ3) is 8.11. The maximum atomic E-state index is 13.4. The molecule has 0 saturated carbocycles. The summed E-state index contributed by atoms with van der Waals surface area (Å²) < 4.78 is 5.61. The smallest absolute Gasteiger partial charge is 0.411 e. The third-order valence-electron chi connectivity index (χ3n) is 7.70. The van der Waals surface area contributed by atoms with Crippen LogP contribution in [0.25, 0.3) is 0 Å². The molecule has 1 aromatic rings. The zero-order chi connectivity index (χ0) is 28.7. The molecule has 2 aliphatic rings. The monoisotopic (exact) mass is 539 g/mol. The molecule has 0 spiro atoms. The molecule has 2 aliphatic heterocycles. The van der Waals surface area contributed by atoms with Crippen LogP contribution in [0.1, 0.15) is 84.3 Å². The van der Waals surface area contributed by atoms with E-state index in [0.29, 0.717) is 18.9 Å². The predicted molar refractivity (Wildman–Crippen MR) is 150 cm³/mol. The Hall–Kier alpha value is -3.28. The van der Waals surface area contributed by atoms with Crippen LogP contribution in [0, 0.1) is 17.2 Å². The summed E-state index contributed by atoms with van der Waals surface area (Å²) in [6, 6.07) is 8.90. The summed E-state index contributed by atoms with van der Waals surface area (Å²) in [6.45, 7) is 13.4. The lowest BCUT2D eigenvalue weighted by Gasteiger charge is -2.43. The topological polar surface area (TPSA) is 115 Å². The van der Waals surface area contributed by atoms with E-state index in [1.165, 1.54) is 5.56 Å². The van der Waals surface area contributed by atoms with E-state index in [0.717, 1.165) is 44.3 Å². The highest BCUT2D eigenvalue weighted by Gasteiger charge is 2.43. The summed E-state index contributed by atoms with van der Waals surface area (Å²) >= 11 is 0. The zero-order valence-corrected chi connectivity index (χ0v) is 24.3. The van der Waals surface area contributed by atoms with Gasteiger partial charge >= 0.3 is 12.1 Å². The molecule has 2 fully saturated rings. The van der Waals surface area contributed by atoms with Crippen molar-refractivity contribution in [2.75, 3.05) is 19.6 Å². The third-order valence-corrected chi connectivity index (χ3v) is 7.70. The molecule has 0 unspecified atom stereocenters. The Bertz CT molecular complexity index is 1040. The van der Waals surface area contributed by atoms with E-state index < -0.39 is 23.8 Å². The first-order valence-corrected chi connectivity index (χ1v) is 14.3. The van der Waals surface area contributed by atoms with Crippen LogP contribution in [0.15, 0.2) is 24.3 Å². The number of likely N-dealkylation sites (tertiary alicyclic amines) is 2. The van der Waals surface area contributed by atoms with E-state index in [2.05, 4.69) is 28.8 Å². The van der Waals surface area contributed by atoms with Crippen LogP contribution in [-0.4, -0.2) is 71.2 Å². The number of rotatable bonds is 6. The largest absolute Gasteiger partial charge is 0.444 e. The Kier molecular flexibility index (Phi) is 10.2. The van der Waals surface area contributed by atoms with Gasteiger partial charge in [-0.2, -0.15) is 5.26 Å². The second-order valence-corrected chi connectivity index (χ2v) is 12.0. The van der Waals surface area contributed by atoms with Crippen molar-refractivity contribution in [3.8, 4) is 6.07 Å². The van der Waals surface area contributed by atoms with Gasteiger partial charge in [0.15, 0.2) is 0 Å². The summed E-state index contributed by atoms with van der Waals surface area (Å²) in [7, 11) is 0. The van der Waals surface area contributed by atoms with Gasteiger partial charge in [0.1, 0.15) is 17.7 Å². The van der Waals surface area contributed by atoms with E-state index in [9.17, 15) is 19.6 Å². The van der Waals surface area contributed by atoms with Crippen LogP contribution in [0.3, 0.4) is 0 Å². The van der Waals surface area contributed by atoms with Crippen LogP contribution in [-0.2, 0) is 16.0 Å². The predicted octanol–water partition coefficient (Wildman–Crippen LogP) is 4.57. The molecule has 0 radical (unpaired) electrons. The number of hydrogen-bond acceptors (Lipinski definition) is 5. The van der Waals surface area contributed by atoms with E-state index in [-0.39, 0.29) is 23.9 Å². The van der Waals surface area contributed by atoms with Gasteiger partial charge in [0, 0.05) is 32.1 Å². The van der Waals surface area contributed by atoms with Gasteiger partial charge in [-0.15, -0.1) is 0 Å². The number of nitrogens with zero attached hydrogens (tertiary/aromatic N) is 3. The first-order valence-electron chi connectivity index (χ1n) is 14.3. The van der Waals surface area contributed by atoms with Crippen LogP contribution < -0.4 is 10.6 Å². The van der Waals surface area contributed by atoms with Crippen molar-refractivity contribution in [3.05, 3.63) is 35.4 Å². The lowest BCUT2D eigenvalue weighted by Crippen LogP contribution is -2.60. The SMILES string of the molecule is CCNC(=O)N1CCC(c2ccc(C[C@@H](C#N)NC(=O)[C@@H]3[C@H](C)CC[C@H](C)N3C(=O)OC(C)(C)C)cc2)CC1. The van der Waals surface area contributed by atoms with Gasteiger partial charge in [-0.25, -0.2) is 9.59 Å². The summed E-state index contributed by atoms with van der Waals surface area (Å²) in [5, 5.41) is 15.6. The van der Waals surface area contributed by atoms with Crippen molar-refractivity contribution in [2.24, 2.45) is 5.92 Å². The molecule has 214 valence electrons. The molecule has 9 nitrogen and oxygen atoms in total. The van der Waals surface area contributed by atoms with E-state index in [1.807, 2.05) is 58.6 Å². The normalized spacial score (nSPS) is 22.9. The van der Waals surface area contributed by atoms with Crippen molar-refractivity contribution in [3.63, 3.8) is 0 Å². The van der Waals surface area contributed by atoms with Gasteiger partial charge in [-0.05, 0) is 83.3 Å². The number of hydrogen-bond donors (Lipinski definition) is 2. The Morgan fingerprint density at radius 1 is 1.08 bits per heavy atom. The highest BCUT2D eigenvalue weighted by atomic mass is 16.6. The molecular formula is C30H45N5O4. The number of amides is 4. The summed E-state index contributed by atoms with van der Waals surface area (Å²) in [4.78, 5) is 41.9. The number of urea groups is 1. The highest BCUT2D eigenvalue weighted by molar-refractivity contribution is 5.87. The van der Waals surface area contributed by atoms with Crippen molar-refractivity contribution < 1.29 is 19.1 Å². The van der Waals surface area contributed by atoms with Gasteiger partial charge in [-0.3, -0.25) is 9.69 Å². The summed E-state index contributed by atoms with van der Waals surface area (Å²) in [5.74, 6) is 0.0265. The molecule has 2 heterocycles. The maximum absolute atomic E-state index is 13.4. The molecule has 0 bridgehead atoms. The zero-order valence-electron chi connectivity index (χ0n) is 24.3. The first kappa shape index (κ1) is 30.3. The van der Waals surface area contributed by atoms with Crippen LogP contribution >= 0.6 is 0 Å². The first-order chi connectivity index (χ1) is 18.4. The Balaban J connectivity index is 1.61. The fourth-order valence-electron chi connectivity index (χ4n) is 5.57. The average molecular weight is 540 g/mol. The van der Waals surface area contributed by atoms with Crippen molar-refractivity contribution >= 4 is 18.0 Å². The lowest BCUT2D eigenvalue weighted by atomic mass is 9.86. The van der Waals surface area contributed by atoms with Gasteiger partial charge in [0.05, 0.1) is 6.07 Å². The van der Waals surface area contributed by atoms with Crippen LogP contribution in [0.2, 0.25) is 0 Å². The van der Waals surface area contributed by atoms with Crippen LogP contribution in [0.4, 0.5) is 9.59 Å². The molecule has 4 amide bonds. The molecule has 1 aromatic carbocycles. The van der Waals surface area contributed by atoms with E-state index >= 15 is 0 Å². The molecular weight excluding hydrogens is 494 g/mol. The molecule has 2 saturated heterocycles. The lowest BCUT2D eigenvalue weighted by molar-refractivity contribution is -0.131. The summed E-state index contributed by atoms with van der Waals surface area (Å²) in [6.07, 6.45) is 3.32. The molecule has 2 N–H and O–H groups in total. The second-order valence-electron chi connectivity index (χ2n) is 12.0. The molecule has 0 aromatic heterocycles. The number of piperidine rings is 2. The van der Waals surface area contributed by atoms with Crippen LogP contribution in [0.5, 0.6) is 0 Å². The Morgan fingerprint density at radius 3 is 2.28 bits per heavy atom. The number of nitriles is 1. The van der Waals surface area contributed by atoms with Gasteiger partial charge < -0.3 is 20.3 Å². The second kappa shape index (κ2) is 13.2. The Labute approximate surface area is 233 Å². The van der Waals surface area contributed by atoms with Crippen molar-refractivity contribution in [2.45, 2.75) is 103 Å². The number of nitrogens with one attached hydrogen (secondary N) is 2. The van der Waals surface area contributed by atoms with Crippen molar-refractivity contribution in [1.29, 1.82) is 5.26 Å². The Morgan fingerprint density at radius 2 is 1.72 bits per heavy atom. The minimum atomic E-state index is -0.714. The van der Waals surface area contributed by atoms with Crippen molar-refractivity contribution in [1.82, 2.24) is 20.4 Å². The highest BCUT2D eigenvalue weighted by Crippen LogP contribution is 2.31. The maximum Gasteiger partial charge on any atom is 0.411 e. The molecule has 3 rings (SSSR count). The standard InChI is InChI=1S/C30H45N5O4/c1-7-32-28(37)34-16-14-24(15-17-34)23-12-10-22(11-13-23)18-25(19-31)33-27(36)26-20(2)8-9-21(3)35(26)29(38)39-30(4,5)6/h10-13,20-21,24-26H,7-9,14-18H2,1-6H3,(H,32,37)(H,33,36)/t20-,21+,25+,26+/m1/s1. The van der Waals surface area contributed by atoms with E-state index in [1.54, 1.807) is 4.90 Å².